The number of ether oxygens (including phenoxy) is 1. The van der Waals surface area contributed by atoms with Crippen LogP contribution in [0, 0.1) is 0 Å². The molecule has 1 amide bonds. The second-order valence-electron chi connectivity index (χ2n) is 7.37. The summed E-state index contributed by atoms with van der Waals surface area (Å²) in [4.78, 5) is 14.5. The van der Waals surface area contributed by atoms with E-state index in [0.717, 1.165) is 22.7 Å². The Morgan fingerprint density at radius 1 is 1.38 bits per heavy atom. The lowest BCUT2D eigenvalue weighted by molar-refractivity contribution is -0.146. The third-order valence-electron chi connectivity index (χ3n) is 5.11. The van der Waals surface area contributed by atoms with Crippen LogP contribution in [0.4, 0.5) is 13.2 Å². The van der Waals surface area contributed by atoms with Gasteiger partial charge in [0.1, 0.15) is 18.0 Å². The predicted molar refractivity (Wildman–Crippen MR) is 103 cm³/mol. The SMILES string of the molecule is COc1cccc([C@@H]2CCCN2C(=O)Cn2nc(C(C)C)cc2C(F)(F)F)c1Cl. The maximum atomic E-state index is 13.4. The van der Waals surface area contributed by atoms with E-state index in [1.807, 2.05) is 6.07 Å². The molecule has 1 aromatic carbocycles. The fourth-order valence-corrected chi connectivity index (χ4v) is 3.95. The van der Waals surface area contributed by atoms with Crippen LogP contribution < -0.4 is 4.74 Å². The summed E-state index contributed by atoms with van der Waals surface area (Å²) in [6.45, 7) is 3.50. The highest BCUT2D eigenvalue weighted by Crippen LogP contribution is 2.40. The smallest absolute Gasteiger partial charge is 0.433 e. The second kappa shape index (κ2) is 8.26. The number of nitrogens with zero attached hydrogens (tertiary/aromatic N) is 3. The van der Waals surface area contributed by atoms with Crippen molar-refractivity contribution in [2.45, 2.75) is 51.4 Å². The zero-order valence-corrected chi connectivity index (χ0v) is 17.2. The molecular weight excluding hydrogens is 407 g/mol. The van der Waals surface area contributed by atoms with Crippen molar-refractivity contribution in [2.75, 3.05) is 13.7 Å². The molecule has 29 heavy (non-hydrogen) atoms. The summed E-state index contributed by atoms with van der Waals surface area (Å²) in [6.07, 6.45) is -3.16. The normalized spacial score (nSPS) is 17.2. The second-order valence-corrected chi connectivity index (χ2v) is 7.75. The summed E-state index contributed by atoms with van der Waals surface area (Å²) in [7, 11) is 1.51. The molecule has 1 aromatic heterocycles. The van der Waals surface area contributed by atoms with E-state index in [4.69, 9.17) is 16.3 Å². The van der Waals surface area contributed by atoms with E-state index in [9.17, 15) is 18.0 Å². The zero-order valence-electron chi connectivity index (χ0n) is 16.5. The third-order valence-corrected chi connectivity index (χ3v) is 5.52. The molecule has 0 aliphatic carbocycles. The van der Waals surface area contributed by atoms with E-state index in [0.29, 0.717) is 29.4 Å². The molecule has 158 valence electrons. The van der Waals surface area contributed by atoms with Crippen LogP contribution in [-0.2, 0) is 17.5 Å². The van der Waals surface area contributed by atoms with E-state index < -0.39 is 24.3 Å². The molecule has 1 aliphatic heterocycles. The van der Waals surface area contributed by atoms with E-state index in [1.54, 1.807) is 30.9 Å². The first-order valence-corrected chi connectivity index (χ1v) is 9.78. The zero-order chi connectivity index (χ0) is 21.3. The van der Waals surface area contributed by atoms with Crippen LogP contribution >= 0.6 is 11.6 Å². The minimum Gasteiger partial charge on any atom is -0.495 e. The number of likely N-dealkylation sites (tertiary alicyclic amines) is 1. The largest absolute Gasteiger partial charge is 0.495 e. The molecule has 0 N–H and O–H groups in total. The molecule has 0 unspecified atom stereocenters. The van der Waals surface area contributed by atoms with Crippen molar-refractivity contribution in [1.29, 1.82) is 0 Å². The van der Waals surface area contributed by atoms with Crippen molar-refractivity contribution >= 4 is 17.5 Å². The molecule has 1 aliphatic rings. The highest BCUT2D eigenvalue weighted by Gasteiger charge is 2.38. The molecule has 9 heteroatoms. The molecule has 1 fully saturated rings. The van der Waals surface area contributed by atoms with Crippen LogP contribution in [0.1, 0.15) is 55.6 Å². The molecule has 5 nitrogen and oxygen atoms in total. The van der Waals surface area contributed by atoms with Crippen molar-refractivity contribution in [2.24, 2.45) is 0 Å². The van der Waals surface area contributed by atoms with Gasteiger partial charge in [0.25, 0.3) is 0 Å². The Hall–Kier alpha value is -2.22. The van der Waals surface area contributed by atoms with Gasteiger partial charge in [0.2, 0.25) is 5.91 Å². The minimum absolute atomic E-state index is 0.178. The molecule has 2 heterocycles. The Labute approximate surface area is 172 Å². The van der Waals surface area contributed by atoms with Crippen LogP contribution in [-0.4, -0.2) is 34.2 Å². The molecular formula is C20H23ClF3N3O2. The fraction of sp³-hybridized carbons (Fsp3) is 0.500. The van der Waals surface area contributed by atoms with Crippen molar-refractivity contribution in [3.05, 3.63) is 46.2 Å². The molecule has 0 bridgehead atoms. The van der Waals surface area contributed by atoms with Gasteiger partial charge in [0, 0.05) is 6.54 Å². The number of carbonyl (C=O) groups excluding carboxylic acids is 1. The van der Waals surface area contributed by atoms with Gasteiger partial charge < -0.3 is 9.64 Å². The van der Waals surface area contributed by atoms with Crippen molar-refractivity contribution in [3.63, 3.8) is 0 Å². The summed E-state index contributed by atoms with van der Waals surface area (Å²) in [5, 5.41) is 4.45. The Bertz CT molecular complexity index is 896. The average Bonchev–Trinajstić information content (AvgIpc) is 3.28. The van der Waals surface area contributed by atoms with Crippen LogP contribution in [0.3, 0.4) is 0 Å². The molecule has 2 aromatic rings. The first kappa shape index (κ1) is 21.5. The summed E-state index contributed by atoms with van der Waals surface area (Å²) >= 11 is 6.41. The van der Waals surface area contributed by atoms with Gasteiger partial charge in [-0.15, -0.1) is 0 Å². The molecule has 0 saturated carbocycles. The number of methoxy groups -OCH3 is 1. The van der Waals surface area contributed by atoms with E-state index in [-0.39, 0.29) is 12.0 Å². The summed E-state index contributed by atoms with van der Waals surface area (Å²) < 4.78 is 46.2. The highest BCUT2D eigenvalue weighted by atomic mass is 35.5. The minimum atomic E-state index is -4.58. The fourth-order valence-electron chi connectivity index (χ4n) is 3.62. The predicted octanol–water partition coefficient (Wildman–Crippen LogP) is 5.05. The average molecular weight is 430 g/mol. The van der Waals surface area contributed by atoms with E-state index in [1.165, 1.54) is 7.11 Å². The van der Waals surface area contributed by atoms with Gasteiger partial charge in [-0.05, 0) is 36.5 Å². The van der Waals surface area contributed by atoms with Crippen molar-refractivity contribution in [3.8, 4) is 5.75 Å². The Kier molecular flexibility index (Phi) is 6.12. The molecule has 1 saturated heterocycles. The standard InChI is InChI=1S/C20H23ClF3N3O2/c1-12(2)14-10-17(20(22,23)24)27(25-14)11-18(28)26-9-5-7-15(26)13-6-4-8-16(29-3)19(13)21/h4,6,8,10,12,15H,5,7,9,11H2,1-3H3/t15-/m0/s1. The quantitative estimate of drug-likeness (QED) is 0.668. The number of alkyl halides is 3. The molecule has 0 radical (unpaired) electrons. The summed E-state index contributed by atoms with van der Waals surface area (Å²) in [5.41, 5.74) is 0.125. The lowest BCUT2D eigenvalue weighted by Gasteiger charge is -2.26. The lowest BCUT2D eigenvalue weighted by Crippen LogP contribution is -2.34. The number of benzene rings is 1. The number of hydrogen-bond donors (Lipinski definition) is 0. The van der Waals surface area contributed by atoms with Crippen LogP contribution in [0.5, 0.6) is 5.75 Å². The van der Waals surface area contributed by atoms with Gasteiger partial charge in [-0.1, -0.05) is 37.6 Å². The van der Waals surface area contributed by atoms with Crippen LogP contribution in [0.15, 0.2) is 24.3 Å². The Morgan fingerprint density at radius 3 is 2.72 bits per heavy atom. The number of carbonyl (C=O) groups is 1. The summed E-state index contributed by atoms with van der Waals surface area (Å²) in [6, 6.07) is 6.02. The number of hydrogen-bond acceptors (Lipinski definition) is 3. The van der Waals surface area contributed by atoms with Gasteiger partial charge in [0.15, 0.2) is 0 Å². The number of halogens is 4. The van der Waals surface area contributed by atoms with Crippen LogP contribution in [0.2, 0.25) is 5.02 Å². The van der Waals surface area contributed by atoms with Crippen molar-refractivity contribution in [1.82, 2.24) is 14.7 Å². The summed E-state index contributed by atoms with van der Waals surface area (Å²) in [5.74, 6) is -0.102. The lowest BCUT2D eigenvalue weighted by atomic mass is 10.0. The molecule has 0 spiro atoms. The topological polar surface area (TPSA) is 47.4 Å². The number of rotatable bonds is 5. The highest BCUT2D eigenvalue weighted by molar-refractivity contribution is 6.32. The van der Waals surface area contributed by atoms with Gasteiger partial charge in [-0.3, -0.25) is 9.48 Å². The number of aromatic nitrogens is 2. The molecule has 1 atom stereocenters. The Morgan fingerprint density at radius 2 is 2.10 bits per heavy atom. The third kappa shape index (κ3) is 4.37. The van der Waals surface area contributed by atoms with E-state index >= 15 is 0 Å². The maximum Gasteiger partial charge on any atom is 0.433 e. The molecule has 3 rings (SSSR count). The maximum absolute atomic E-state index is 13.4. The van der Waals surface area contributed by atoms with Gasteiger partial charge in [-0.2, -0.15) is 18.3 Å². The Balaban J connectivity index is 1.88. The van der Waals surface area contributed by atoms with Gasteiger partial charge in [0.05, 0.1) is 23.9 Å². The van der Waals surface area contributed by atoms with Gasteiger partial charge >= 0.3 is 6.18 Å². The van der Waals surface area contributed by atoms with E-state index in [2.05, 4.69) is 5.10 Å². The van der Waals surface area contributed by atoms with Gasteiger partial charge in [-0.25, -0.2) is 0 Å². The first-order chi connectivity index (χ1) is 13.6. The number of amides is 1. The van der Waals surface area contributed by atoms with Crippen LogP contribution in [0.25, 0.3) is 0 Å². The van der Waals surface area contributed by atoms with Crippen molar-refractivity contribution < 1.29 is 22.7 Å². The first-order valence-electron chi connectivity index (χ1n) is 9.40. The monoisotopic (exact) mass is 429 g/mol.